The molecular weight excluding hydrogens is 1830 g/mol. The highest BCUT2D eigenvalue weighted by atomic mass is 32.2. The molecular formula is C123H220B3O16PS. The molecule has 0 aromatic heterocycles. The van der Waals surface area contributed by atoms with Crippen LogP contribution in [-0.4, -0.2) is 77.0 Å². The maximum atomic E-state index is 8.59. The fraction of sp³-hybridized carbons (Fsp3) is 0.537. The Balaban J connectivity index is -0.0000000624. The number of benzene rings is 9. The fourth-order valence-electron chi connectivity index (χ4n) is 7.54. The molecule has 9 rings (SSSR count). The summed E-state index contributed by atoms with van der Waals surface area (Å²) < 4.78 is 42.5. The minimum atomic E-state index is -3.12. The lowest BCUT2D eigenvalue weighted by molar-refractivity contribution is -0.193. The topological polar surface area (TPSA) is 289 Å². The van der Waals surface area contributed by atoms with Gasteiger partial charge in [-0.3, -0.25) is 4.89 Å². The summed E-state index contributed by atoms with van der Waals surface area (Å²) in [4.78, 5) is 55.8. The van der Waals surface area contributed by atoms with Crippen molar-refractivity contribution in [1.29, 1.82) is 0 Å². The molecule has 0 bridgehead atoms. The van der Waals surface area contributed by atoms with Crippen molar-refractivity contribution >= 4 is 57.9 Å². The Morgan fingerprint density at radius 2 is 0.264 bits per heavy atom. The van der Waals surface area contributed by atoms with Gasteiger partial charge in [-0.25, -0.2) is 9.13 Å². The molecule has 9 aromatic carbocycles. The molecule has 144 heavy (non-hydrogen) atoms. The minimum absolute atomic E-state index is 0.116. The van der Waals surface area contributed by atoms with Gasteiger partial charge < -0.3 is 20.1 Å². The zero-order valence-electron chi connectivity index (χ0n) is 101. The van der Waals surface area contributed by atoms with Crippen LogP contribution in [0.1, 0.15) is 460 Å². The van der Waals surface area contributed by atoms with E-state index in [1.54, 1.807) is 20.6 Å². The molecule has 0 aliphatic heterocycles. The Morgan fingerprint density at radius 1 is 0.215 bits per heavy atom. The molecule has 0 aliphatic carbocycles. The Bertz CT molecular complexity index is 3170. The van der Waals surface area contributed by atoms with Gasteiger partial charge in [0.25, 0.3) is 13.8 Å². The van der Waals surface area contributed by atoms with Crippen LogP contribution in [0.3, 0.4) is 0 Å². The lowest BCUT2D eigenvalue weighted by atomic mass is 9.69. The van der Waals surface area contributed by atoms with Crippen LogP contribution in [-0.2, 0) is 48.5 Å². The summed E-state index contributed by atoms with van der Waals surface area (Å²) in [5.41, 5.74) is 12.7. The van der Waals surface area contributed by atoms with E-state index < -0.39 is 25.6 Å². The summed E-state index contributed by atoms with van der Waals surface area (Å²) in [5, 5.41) is 32.6. The van der Waals surface area contributed by atoms with E-state index in [2.05, 4.69) is 440 Å². The van der Waals surface area contributed by atoms with Gasteiger partial charge in [-0.05, 0) is 110 Å². The van der Waals surface area contributed by atoms with Gasteiger partial charge in [-0.1, -0.05) is 656 Å². The molecule has 0 saturated carbocycles. The zero-order chi connectivity index (χ0) is 117. The average Bonchev–Trinajstić information content (AvgIpc) is 1.00. The van der Waals surface area contributed by atoms with E-state index in [0.717, 1.165) is 12.6 Å². The van der Waals surface area contributed by atoms with Crippen LogP contribution in [0.25, 0.3) is 0 Å². The molecule has 0 amide bonds. The van der Waals surface area contributed by atoms with Crippen molar-refractivity contribution in [1.82, 2.24) is 0 Å². The summed E-state index contributed by atoms with van der Waals surface area (Å²) in [6.45, 7) is 98.3. The molecule has 0 aliphatic rings. The highest BCUT2D eigenvalue weighted by molar-refractivity contribution is 7.59. The molecule has 0 heterocycles. The number of hydrogen-bond donors (Lipinski definition) is 5. The first kappa shape index (κ1) is 183. The number of rotatable bonds is 12. The van der Waals surface area contributed by atoms with Crippen molar-refractivity contribution in [3.05, 3.63) is 323 Å². The van der Waals surface area contributed by atoms with Crippen LogP contribution in [0.4, 0.5) is 0 Å². The molecule has 16 nitrogen and oxygen atoms in total. The molecule has 0 spiro atoms. The summed E-state index contributed by atoms with van der Waals surface area (Å²) in [6.07, 6.45) is 11.6. The second-order valence-electron chi connectivity index (χ2n) is 32.1. The third-order valence-electron chi connectivity index (χ3n) is 14.7. The van der Waals surface area contributed by atoms with Gasteiger partial charge in [0, 0.05) is 0 Å². The standard InChI is InChI=1S/9C9H12.2C3H9BO.7C3H8.C2H7BO2.5C2H6.3CO2.HO3P.O3S/c9*1-8(2)9-6-4-3-5-7-9;2*1-3-4(2)5;7*1-3-2;1-2-3(4)5;5*1-2;3*2-1-3;2*1-4(2)3/h9*3-8H,1-2H3;2*5H,3H2,1-2H3;7*3H2,1-2H3;4-5H,2H2,1H3;5*1-2H3;;;;(H,1,2,3);. The molecule has 21 heteroatoms. The third-order valence-corrected chi connectivity index (χ3v) is 14.7. The monoisotopic (exact) mass is 2050 g/mol. The normalized spacial score (nSPS) is 8.09. The summed E-state index contributed by atoms with van der Waals surface area (Å²) in [6, 6.07) is 94.7. The SMILES string of the molecule is CC.CC.CC.CC.CC.CC(C)c1ccccc1.CC(C)c1ccccc1.CC(C)c1ccccc1.CC(C)c1ccccc1.CC(C)c1ccccc1.CC(C)c1ccccc1.CC(C)c1ccccc1.CC(C)c1ccccc1.CC(C)c1ccccc1.CCB(C)O.CCB(C)O.CCB(O)O.CCC.CCC.CCC.CCC.CCC.CCC.CCC.O=C=O.O=C=O.O=C=O.O=P(=O)O.O=S(=O)=O. The van der Waals surface area contributed by atoms with Crippen molar-refractivity contribution in [2.75, 3.05) is 0 Å². The van der Waals surface area contributed by atoms with Crippen LogP contribution in [0, 0.1) is 0 Å². The van der Waals surface area contributed by atoms with E-state index in [0.29, 0.717) is 59.6 Å². The van der Waals surface area contributed by atoms with Gasteiger partial charge in [0.1, 0.15) is 0 Å². The first-order valence-corrected chi connectivity index (χ1v) is 55.0. The van der Waals surface area contributed by atoms with E-state index in [-0.39, 0.29) is 32.3 Å². The molecule has 0 radical (unpaired) electrons. The summed E-state index contributed by atoms with van der Waals surface area (Å²) >= 11 is 0. The number of hydrogen-bond acceptors (Lipinski definition) is 15. The van der Waals surface area contributed by atoms with E-state index >= 15 is 0 Å². The van der Waals surface area contributed by atoms with E-state index in [1.165, 1.54) is 95.0 Å². The van der Waals surface area contributed by atoms with Crippen molar-refractivity contribution in [3.8, 4) is 0 Å². The van der Waals surface area contributed by atoms with E-state index in [1.807, 2.05) is 138 Å². The third kappa shape index (κ3) is 210. The lowest BCUT2D eigenvalue weighted by Gasteiger charge is -2.01. The van der Waals surface area contributed by atoms with Gasteiger partial charge in [0.05, 0.1) is 0 Å². The number of carbonyl (C=O) groups excluding carboxylic acids is 6. The van der Waals surface area contributed by atoms with Gasteiger partial charge in [0.15, 0.2) is 0 Å². The van der Waals surface area contributed by atoms with Crippen molar-refractivity contribution < 1.29 is 75.5 Å². The molecule has 828 valence electrons. The zero-order valence-corrected chi connectivity index (χ0v) is 102. The fourth-order valence-corrected chi connectivity index (χ4v) is 7.54. The first-order valence-electron chi connectivity index (χ1n) is 52.9. The van der Waals surface area contributed by atoms with Crippen molar-refractivity contribution in [2.45, 2.75) is 442 Å². The second kappa shape index (κ2) is 170. The lowest BCUT2D eigenvalue weighted by Crippen LogP contribution is -2.06. The maximum Gasteiger partial charge on any atom is 0.465 e. The molecule has 0 saturated heterocycles. The predicted octanol–water partition coefficient (Wildman–Crippen LogP) is 38.4. The summed E-state index contributed by atoms with van der Waals surface area (Å²) in [7, 11) is -7.35. The Labute approximate surface area is 893 Å². The highest BCUT2D eigenvalue weighted by Gasteiger charge is 2.01. The molecule has 0 fully saturated rings. The smallest absolute Gasteiger partial charge is 0.451 e. The van der Waals surface area contributed by atoms with Gasteiger partial charge in [0.2, 0.25) is 0 Å². The quantitative estimate of drug-likeness (QED) is 0.0561. The molecule has 9 aromatic rings. The van der Waals surface area contributed by atoms with Crippen LogP contribution < -0.4 is 0 Å². The Kier molecular flexibility index (Phi) is 216. The van der Waals surface area contributed by atoms with Gasteiger partial charge >= 0.3 is 44.1 Å². The second-order valence-corrected chi connectivity index (χ2v) is 33.0. The van der Waals surface area contributed by atoms with E-state index in [4.69, 9.17) is 75.5 Å². The predicted molar refractivity (Wildman–Crippen MR) is 638 cm³/mol. The van der Waals surface area contributed by atoms with Crippen molar-refractivity contribution in [3.63, 3.8) is 0 Å². The Morgan fingerprint density at radius 3 is 0.285 bits per heavy atom. The van der Waals surface area contributed by atoms with Crippen molar-refractivity contribution in [2.24, 2.45) is 0 Å². The van der Waals surface area contributed by atoms with Crippen LogP contribution in [0.5, 0.6) is 0 Å². The van der Waals surface area contributed by atoms with E-state index in [9.17, 15) is 0 Å². The minimum Gasteiger partial charge on any atom is -0.451 e. The van der Waals surface area contributed by atoms with Crippen LogP contribution in [0.15, 0.2) is 273 Å². The van der Waals surface area contributed by atoms with Crippen LogP contribution in [0.2, 0.25) is 32.6 Å². The molecule has 5 N–H and O–H groups in total. The van der Waals surface area contributed by atoms with Gasteiger partial charge in [-0.2, -0.15) is 28.8 Å². The van der Waals surface area contributed by atoms with Crippen LogP contribution >= 0.6 is 7.91 Å². The van der Waals surface area contributed by atoms with Gasteiger partial charge in [-0.15, -0.1) is 12.6 Å². The first-order chi connectivity index (χ1) is 68.2. The molecule has 0 unspecified atom stereocenters. The Hall–Kier alpha value is -9.37. The maximum absolute atomic E-state index is 8.59. The summed E-state index contributed by atoms with van der Waals surface area (Å²) in [5.74, 6) is 5.93. The highest BCUT2D eigenvalue weighted by Crippen LogP contribution is 2.18. The molecule has 0 atom stereocenters. The average molecular weight is 2050 g/mol. The largest absolute Gasteiger partial charge is 0.465 e.